The van der Waals surface area contributed by atoms with Gasteiger partial charge in [-0.3, -0.25) is 4.90 Å². The second-order valence-electron chi connectivity index (χ2n) is 5.68. The summed E-state index contributed by atoms with van der Waals surface area (Å²) in [5, 5.41) is 11.8. The molecule has 106 valence electrons. The molecule has 2 unspecified atom stereocenters. The SMILES string of the molecule is c1cc(-c2noc(CN3CC4CCCNC4C3)n2)cs1. The molecule has 0 amide bonds. The first-order valence-electron chi connectivity index (χ1n) is 7.19. The van der Waals surface area contributed by atoms with Gasteiger partial charge in [0.15, 0.2) is 0 Å². The van der Waals surface area contributed by atoms with Crippen LogP contribution in [0.3, 0.4) is 0 Å². The van der Waals surface area contributed by atoms with Crippen LogP contribution in [0.1, 0.15) is 18.7 Å². The molecule has 0 saturated carbocycles. The third kappa shape index (κ3) is 2.39. The van der Waals surface area contributed by atoms with Crippen molar-refractivity contribution in [1.82, 2.24) is 20.4 Å². The van der Waals surface area contributed by atoms with E-state index in [0.29, 0.717) is 11.9 Å². The molecule has 2 fully saturated rings. The minimum atomic E-state index is 0.656. The topological polar surface area (TPSA) is 54.2 Å². The van der Waals surface area contributed by atoms with Crippen molar-refractivity contribution < 1.29 is 4.52 Å². The molecule has 2 aliphatic rings. The Labute approximate surface area is 122 Å². The standard InChI is InChI=1S/C14H18N4OS/c1-2-10-6-18(7-12(10)15-4-1)8-13-16-14(17-19-13)11-3-5-20-9-11/h3,5,9-10,12,15H,1-2,4,6-8H2. The van der Waals surface area contributed by atoms with E-state index >= 15 is 0 Å². The minimum Gasteiger partial charge on any atom is -0.338 e. The Bertz CT molecular complexity index is 554. The lowest BCUT2D eigenvalue weighted by Gasteiger charge is -2.24. The molecule has 2 aliphatic heterocycles. The molecule has 2 aromatic rings. The van der Waals surface area contributed by atoms with Gasteiger partial charge in [0.25, 0.3) is 0 Å². The molecule has 0 aromatic carbocycles. The van der Waals surface area contributed by atoms with Gasteiger partial charge in [0.2, 0.25) is 11.7 Å². The first kappa shape index (κ1) is 12.5. The highest BCUT2D eigenvalue weighted by molar-refractivity contribution is 7.08. The van der Waals surface area contributed by atoms with Crippen molar-refractivity contribution in [2.75, 3.05) is 19.6 Å². The first-order valence-corrected chi connectivity index (χ1v) is 8.13. The Morgan fingerprint density at radius 2 is 2.45 bits per heavy atom. The van der Waals surface area contributed by atoms with Crippen LogP contribution in [0.2, 0.25) is 0 Å². The molecule has 0 radical (unpaired) electrons. The van der Waals surface area contributed by atoms with E-state index in [2.05, 4.69) is 20.4 Å². The molecule has 4 rings (SSSR count). The normalized spacial score (nSPS) is 26.8. The predicted molar refractivity (Wildman–Crippen MR) is 77.4 cm³/mol. The predicted octanol–water partition coefficient (Wildman–Crippen LogP) is 1.98. The van der Waals surface area contributed by atoms with Crippen molar-refractivity contribution in [1.29, 1.82) is 0 Å². The van der Waals surface area contributed by atoms with E-state index in [1.54, 1.807) is 11.3 Å². The summed E-state index contributed by atoms with van der Waals surface area (Å²) in [6.07, 6.45) is 2.65. The van der Waals surface area contributed by atoms with E-state index in [-0.39, 0.29) is 0 Å². The number of fused-ring (bicyclic) bond motifs is 1. The zero-order valence-electron chi connectivity index (χ0n) is 11.3. The summed E-state index contributed by atoms with van der Waals surface area (Å²) >= 11 is 1.65. The van der Waals surface area contributed by atoms with Crippen molar-refractivity contribution in [2.24, 2.45) is 5.92 Å². The number of nitrogens with one attached hydrogen (secondary N) is 1. The first-order chi connectivity index (χ1) is 9.88. The van der Waals surface area contributed by atoms with E-state index in [1.165, 1.54) is 12.8 Å². The molecule has 2 aromatic heterocycles. The fourth-order valence-electron chi connectivity index (χ4n) is 3.28. The highest BCUT2D eigenvalue weighted by Crippen LogP contribution is 2.26. The van der Waals surface area contributed by atoms with Crippen LogP contribution in [0.15, 0.2) is 21.3 Å². The summed E-state index contributed by atoms with van der Waals surface area (Å²) < 4.78 is 5.39. The second-order valence-corrected chi connectivity index (χ2v) is 6.46. The van der Waals surface area contributed by atoms with Crippen LogP contribution < -0.4 is 5.32 Å². The number of hydrogen-bond donors (Lipinski definition) is 1. The van der Waals surface area contributed by atoms with Gasteiger partial charge < -0.3 is 9.84 Å². The van der Waals surface area contributed by atoms with Gasteiger partial charge in [-0.1, -0.05) is 5.16 Å². The summed E-state index contributed by atoms with van der Waals surface area (Å²) in [4.78, 5) is 6.93. The van der Waals surface area contributed by atoms with Crippen molar-refractivity contribution in [3.63, 3.8) is 0 Å². The molecule has 6 heteroatoms. The van der Waals surface area contributed by atoms with Gasteiger partial charge in [0, 0.05) is 30.1 Å². The Morgan fingerprint density at radius 3 is 3.30 bits per heavy atom. The lowest BCUT2D eigenvalue weighted by atomic mass is 9.94. The summed E-state index contributed by atoms with van der Waals surface area (Å²) in [5.74, 6) is 2.23. The second kappa shape index (κ2) is 5.27. The van der Waals surface area contributed by atoms with Crippen molar-refractivity contribution >= 4 is 11.3 Å². The summed E-state index contributed by atoms with van der Waals surface area (Å²) in [7, 11) is 0. The Hall–Kier alpha value is -1.24. The summed E-state index contributed by atoms with van der Waals surface area (Å²) in [6.45, 7) is 4.18. The van der Waals surface area contributed by atoms with Crippen LogP contribution in [0, 0.1) is 5.92 Å². The smallest absolute Gasteiger partial charge is 0.241 e. The third-order valence-electron chi connectivity index (χ3n) is 4.28. The molecule has 2 saturated heterocycles. The van der Waals surface area contributed by atoms with Gasteiger partial charge in [0.1, 0.15) is 0 Å². The number of aromatic nitrogens is 2. The molecule has 0 aliphatic carbocycles. The van der Waals surface area contributed by atoms with Crippen LogP contribution in [0.5, 0.6) is 0 Å². The Kier molecular flexibility index (Phi) is 3.29. The number of nitrogens with zero attached hydrogens (tertiary/aromatic N) is 3. The molecule has 1 N–H and O–H groups in total. The lowest BCUT2D eigenvalue weighted by Crippen LogP contribution is -2.40. The van der Waals surface area contributed by atoms with Crippen molar-refractivity contribution in [3.05, 3.63) is 22.7 Å². The molecule has 0 bridgehead atoms. The monoisotopic (exact) mass is 290 g/mol. The van der Waals surface area contributed by atoms with Crippen LogP contribution in [0.25, 0.3) is 11.4 Å². The zero-order valence-corrected chi connectivity index (χ0v) is 12.1. The maximum atomic E-state index is 5.39. The molecule has 0 spiro atoms. The highest BCUT2D eigenvalue weighted by atomic mass is 32.1. The average Bonchev–Trinajstić information content (AvgIpc) is 3.18. The van der Waals surface area contributed by atoms with Crippen molar-refractivity contribution in [2.45, 2.75) is 25.4 Å². The third-order valence-corrected chi connectivity index (χ3v) is 4.96. The van der Waals surface area contributed by atoms with E-state index in [9.17, 15) is 0 Å². The van der Waals surface area contributed by atoms with Gasteiger partial charge in [0.05, 0.1) is 6.54 Å². The van der Waals surface area contributed by atoms with Gasteiger partial charge in [-0.15, -0.1) is 0 Å². The quantitative estimate of drug-likeness (QED) is 0.937. The molecule has 5 nitrogen and oxygen atoms in total. The van der Waals surface area contributed by atoms with Gasteiger partial charge in [-0.2, -0.15) is 16.3 Å². The minimum absolute atomic E-state index is 0.656. The maximum absolute atomic E-state index is 5.39. The van der Waals surface area contributed by atoms with E-state index in [1.807, 2.05) is 16.8 Å². The van der Waals surface area contributed by atoms with Crippen LogP contribution in [-0.4, -0.2) is 40.7 Å². The summed E-state index contributed by atoms with van der Waals surface area (Å²) in [6, 6.07) is 2.68. The maximum Gasteiger partial charge on any atom is 0.241 e. The fraction of sp³-hybridized carbons (Fsp3) is 0.571. The number of piperidine rings is 1. The van der Waals surface area contributed by atoms with E-state index < -0.39 is 0 Å². The molecule has 20 heavy (non-hydrogen) atoms. The molecule has 4 heterocycles. The van der Waals surface area contributed by atoms with E-state index in [0.717, 1.165) is 43.6 Å². The van der Waals surface area contributed by atoms with Crippen LogP contribution in [0.4, 0.5) is 0 Å². The number of rotatable bonds is 3. The average molecular weight is 290 g/mol. The van der Waals surface area contributed by atoms with Gasteiger partial charge in [-0.25, -0.2) is 0 Å². The zero-order chi connectivity index (χ0) is 13.4. The molecule has 2 atom stereocenters. The summed E-state index contributed by atoms with van der Waals surface area (Å²) in [5.41, 5.74) is 1.04. The van der Waals surface area contributed by atoms with Crippen molar-refractivity contribution in [3.8, 4) is 11.4 Å². The Morgan fingerprint density at radius 1 is 1.45 bits per heavy atom. The molecular weight excluding hydrogens is 272 g/mol. The highest BCUT2D eigenvalue weighted by Gasteiger charge is 2.34. The number of likely N-dealkylation sites (tertiary alicyclic amines) is 1. The lowest BCUT2D eigenvalue weighted by molar-refractivity contribution is 0.259. The van der Waals surface area contributed by atoms with Gasteiger partial charge >= 0.3 is 0 Å². The number of hydrogen-bond acceptors (Lipinski definition) is 6. The number of thiophene rings is 1. The van der Waals surface area contributed by atoms with Crippen LogP contribution >= 0.6 is 11.3 Å². The van der Waals surface area contributed by atoms with Crippen LogP contribution in [-0.2, 0) is 6.54 Å². The van der Waals surface area contributed by atoms with E-state index in [4.69, 9.17) is 4.52 Å². The fourth-order valence-corrected chi connectivity index (χ4v) is 3.92. The Balaban J connectivity index is 1.42. The van der Waals surface area contributed by atoms with Gasteiger partial charge in [-0.05, 0) is 36.8 Å². The largest absolute Gasteiger partial charge is 0.338 e. The molecular formula is C14H18N4OS.